The first-order valence-corrected chi connectivity index (χ1v) is 4.27. The van der Waals surface area contributed by atoms with Gasteiger partial charge in [-0.15, -0.1) is 0 Å². The van der Waals surface area contributed by atoms with E-state index in [-0.39, 0.29) is 5.54 Å². The monoisotopic (exact) mass is 143 g/mol. The Hall–Kier alpha value is -0.0400. The highest BCUT2D eigenvalue weighted by Crippen LogP contribution is 2.18. The Bertz CT molecular complexity index is 81.2. The first-order chi connectivity index (χ1) is 4.48. The summed E-state index contributed by atoms with van der Waals surface area (Å²) in [5.74, 6) is 0.646. The van der Waals surface area contributed by atoms with Crippen molar-refractivity contribution in [3.63, 3.8) is 0 Å². The molecule has 0 heterocycles. The van der Waals surface area contributed by atoms with E-state index in [2.05, 4.69) is 27.7 Å². The average molecular weight is 143 g/mol. The number of nitrogens with two attached hydrogens (primary N) is 1. The molecule has 0 aliphatic carbocycles. The molecule has 1 heteroatoms. The van der Waals surface area contributed by atoms with Crippen LogP contribution in [-0.2, 0) is 0 Å². The molecule has 0 saturated heterocycles. The predicted molar refractivity (Wildman–Crippen MR) is 47.0 cm³/mol. The molecule has 0 bridgehead atoms. The van der Waals surface area contributed by atoms with Crippen molar-refractivity contribution in [2.24, 2.45) is 11.7 Å². The minimum Gasteiger partial charge on any atom is -0.325 e. The molecule has 1 nitrogen and oxygen atoms in total. The SMILES string of the molecule is CCCCC(C)C(C)(C)N. The molecule has 0 radical (unpaired) electrons. The highest BCUT2D eigenvalue weighted by atomic mass is 14.7. The molecule has 10 heavy (non-hydrogen) atoms. The fraction of sp³-hybridized carbons (Fsp3) is 1.00. The molecular weight excluding hydrogens is 122 g/mol. The molecule has 0 fully saturated rings. The minimum absolute atomic E-state index is 0.00910. The van der Waals surface area contributed by atoms with Crippen molar-refractivity contribution < 1.29 is 0 Å². The van der Waals surface area contributed by atoms with Gasteiger partial charge in [0, 0.05) is 5.54 Å². The molecule has 0 saturated carbocycles. The van der Waals surface area contributed by atoms with E-state index in [1.54, 1.807) is 0 Å². The van der Waals surface area contributed by atoms with Gasteiger partial charge in [-0.25, -0.2) is 0 Å². The van der Waals surface area contributed by atoms with Gasteiger partial charge in [-0.1, -0.05) is 26.7 Å². The Morgan fingerprint density at radius 3 is 2.20 bits per heavy atom. The van der Waals surface area contributed by atoms with Crippen LogP contribution >= 0.6 is 0 Å². The highest BCUT2D eigenvalue weighted by molar-refractivity contribution is 4.78. The van der Waals surface area contributed by atoms with Crippen LogP contribution < -0.4 is 5.73 Å². The van der Waals surface area contributed by atoms with E-state index < -0.39 is 0 Å². The topological polar surface area (TPSA) is 26.0 Å². The second-order valence-electron chi connectivity index (χ2n) is 3.86. The molecule has 0 aromatic rings. The van der Waals surface area contributed by atoms with Crippen molar-refractivity contribution in [2.75, 3.05) is 0 Å². The summed E-state index contributed by atoms with van der Waals surface area (Å²) in [5.41, 5.74) is 5.93. The van der Waals surface area contributed by atoms with Crippen LogP contribution in [0.2, 0.25) is 0 Å². The lowest BCUT2D eigenvalue weighted by Gasteiger charge is -2.26. The van der Waals surface area contributed by atoms with Crippen molar-refractivity contribution >= 4 is 0 Å². The maximum absolute atomic E-state index is 5.92. The lowest BCUT2D eigenvalue weighted by atomic mass is 9.86. The van der Waals surface area contributed by atoms with Crippen molar-refractivity contribution in [1.29, 1.82) is 0 Å². The largest absolute Gasteiger partial charge is 0.325 e. The summed E-state index contributed by atoms with van der Waals surface area (Å²) >= 11 is 0. The summed E-state index contributed by atoms with van der Waals surface area (Å²) in [7, 11) is 0. The molecule has 0 spiro atoms. The van der Waals surface area contributed by atoms with Crippen LogP contribution in [0, 0.1) is 5.92 Å². The maximum atomic E-state index is 5.92. The van der Waals surface area contributed by atoms with E-state index in [0.29, 0.717) is 5.92 Å². The first-order valence-electron chi connectivity index (χ1n) is 4.27. The zero-order chi connectivity index (χ0) is 8.20. The molecular formula is C9H21N. The molecule has 1 unspecified atom stereocenters. The maximum Gasteiger partial charge on any atom is 0.0123 e. The van der Waals surface area contributed by atoms with Gasteiger partial charge < -0.3 is 5.73 Å². The summed E-state index contributed by atoms with van der Waals surface area (Å²) in [5, 5.41) is 0. The molecule has 0 aromatic heterocycles. The number of unbranched alkanes of at least 4 members (excludes halogenated alkanes) is 1. The van der Waals surface area contributed by atoms with Gasteiger partial charge in [0.2, 0.25) is 0 Å². The third kappa shape index (κ3) is 3.89. The van der Waals surface area contributed by atoms with Gasteiger partial charge in [-0.2, -0.15) is 0 Å². The molecule has 2 N–H and O–H groups in total. The van der Waals surface area contributed by atoms with Crippen molar-refractivity contribution in [1.82, 2.24) is 0 Å². The normalized spacial score (nSPS) is 15.3. The summed E-state index contributed by atoms with van der Waals surface area (Å²) in [4.78, 5) is 0. The molecule has 0 amide bonds. The van der Waals surface area contributed by atoms with Crippen molar-refractivity contribution in [2.45, 2.75) is 52.5 Å². The lowest BCUT2D eigenvalue weighted by molar-refractivity contribution is 0.319. The van der Waals surface area contributed by atoms with Gasteiger partial charge in [0.1, 0.15) is 0 Å². The van der Waals surface area contributed by atoms with Crippen molar-refractivity contribution in [3.05, 3.63) is 0 Å². The number of hydrogen-bond acceptors (Lipinski definition) is 1. The van der Waals surface area contributed by atoms with E-state index in [9.17, 15) is 0 Å². The highest BCUT2D eigenvalue weighted by Gasteiger charge is 2.18. The Morgan fingerprint density at radius 2 is 1.90 bits per heavy atom. The second-order valence-corrected chi connectivity index (χ2v) is 3.86. The first kappa shape index (κ1) is 9.96. The Kier molecular flexibility index (Phi) is 3.95. The average Bonchev–Trinajstić information content (AvgIpc) is 1.80. The molecule has 1 atom stereocenters. The summed E-state index contributed by atoms with van der Waals surface area (Å²) in [6.45, 7) is 8.66. The van der Waals surface area contributed by atoms with Gasteiger partial charge in [0.05, 0.1) is 0 Å². The van der Waals surface area contributed by atoms with E-state index in [1.807, 2.05) is 0 Å². The van der Waals surface area contributed by atoms with E-state index in [0.717, 1.165) is 0 Å². The van der Waals surface area contributed by atoms with Crippen LogP contribution in [0.3, 0.4) is 0 Å². The fourth-order valence-electron chi connectivity index (χ4n) is 0.882. The zero-order valence-electron chi connectivity index (χ0n) is 7.78. The Labute approximate surface area is 65.0 Å². The van der Waals surface area contributed by atoms with Gasteiger partial charge in [0.15, 0.2) is 0 Å². The summed E-state index contributed by atoms with van der Waals surface area (Å²) in [6, 6.07) is 0. The molecule has 0 rings (SSSR count). The van der Waals surface area contributed by atoms with Crippen molar-refractivity contribution in [3.8, 4) is 0 Å². The third-order valence-corrected chi connectivity index (χ3v) is 2.26. The van der Waals surface area contributed by atoms with E-state index in [1.165, 1.54) is 19.3 Å². The Balaban J connectivity index is 3.52. The summed E-state index contributed by atoms with van der Waals surface area (Å²) < 4.78 is 0. The fourth-order valence-corrected chi connectivity index (χ4v) is 0.882. The van der Waals surface area contributed by atoms with E-state index in [4.69, 9.17) is 5.73 Å². The predicted octanol–water partition coefficient (Wildman–Crippen LogP) is 2.55. The lowest BCUT2D eigenvalue weighted by Crippen LogP contribution is -2.39. The van der Waals surface area contributed by atoms with Crippen LogP contribution in [0.25, 0.3) is 0 Å². The van der Waals surface area contributed by atoms with Gasteiger partial charge in [-0.05, 0) is 26.2 Å². The smallest absolute Gasteiger partial charge is 0.0123 e. The van der Waals surface area contributed by atoms with Gasteiger partial charge in [-0.3, -0.25) is 0 Å². The van der Waals surface area contributed by atoms with Gasteiger partial charge in [0.25, 0.3) is 0 Å². The molecule has 0 aliphatic rings. The third-order valence-electron chi connectivity index (χ3n) is 2.26. The van der Waals surface area contributed by atoms with Crippen LogP contribution in [0.4, 0.5) is 0 Å². The van der Waals surface area contributed by atoms with Crippen LogP contribution in [0.1, 0.15) is 47.0 Å². The van der Waals surface area contributed by atoms with Crippen LogP contribution in [0.5, 0.6) is 0 Å². The quantitative estimate of drug-likeness (QED) is 0.643. The van der Waals surface area contributed by atoms with E-state index >= 15 is 0 Å². The zero-order valence-corrected chi connectivity index (χ0v) is 7.78. The minimum atomic E-state index is 0.00910. The van der Waals surface area contributed by atoms with Gasteiger partial charge >= 0.3 is 0 Å². The standard InChI is InChI=1S/C9H21N/c1-5-6-7-8(2)9(3,4)10/h8H,5-7,10H2,1-4H3. The molecule has 62 valence electrons. The van der Waals surface area contributed by atoms with Crippen LogP contribution in [0.15, 0.2) is 0 Å². The van der Waals surface area contributed by atoms with Crippen LogP contribution in [-0.4, -0.2) is 5.54 Å². The molecule has 0 aromatic carbocycles. The second kappa shape index (κ2) is 3.97. The number of hydrogen-bond donors (Lipinski definition) is 1. The molecule has 0 aliphatic heterocycles. The Morgan fingerprint density at radius 1 is 1.40 bits per heavy atom. The summed E-state index contributed by atoms with van der Waals surface area (Å²) in [6.07, 6.45) is 3.85. The number of rotatable bonds is 4.